The number of aromatic hydroxyl groups is 1. The molecule has 2 aromatic heterocycles. The number of hydrogen-bond donors (Lipinski definition) is 1. The lowest BCUT2D eigenvalue weighted by atomic mass is 10.1. The number of thiophene rings is 2. The molecule has 1 aliphatic rings. The van der Waals surface area contributed by atoms with Gasteiger partial charge >= 0.3 is 5.97 Å². The summed E-state index contributed by atoms with van der Waals surface area (Å²) >= 11 is 3.14. The van der Waals surface area contributed by atoms with Crippen LogP contribution in [0.4, 0.5) is 0 Å². The van der Waals surface area contributed by atoms with Crippen LogP contribution in [0.15, 0.2) is 64.4 Å². The predicted molar refractivity (Wildman–Crippen MR) is 108 cm³/mol. The molecule has 1 N–H and O–H groups in total. The van der Waals surface area contributed by atoms with Gasteiger partial charge in [-0.2, -0.15) is 5.10 Å². The van der Waals surface area contributed by atoms with E-state index in [9.17, 15) is 14.7 Å². The molecule has 0 spiro atoms. The first-order valence-corrected chi connectivity index (χ1v) is 10.3. The molecule has 28 heavy (non-hydrogen) atoms. The monoisotopic (exact) mass is 412 g/mol. The SMILES string of the molecule is O=C(OCC(=O)N1N=C(c2cccs2)C[C@H]1c1cccs1)c1cccc(O)c1. The smallest absolute Gasteiger partial charge is 0.338 e. The van der Waals surface area contributed by atoms with Gasteiger partial charge in [-0.3, -0.25) is 4.79 Å². The average molecular weight is 412 g/mol. The second-order valence-corrected chi connectivity index (χ2v) is 8.05. The minimum Gasteiger partial charge on any atom is -0.508 e. The molecular formula is C20H16N2O4S2. The van der Waals surface area contributed by atoms with Crippen molar-refractivity contribution in [3.63, 3.8) is 0 Å². The van der Waals surface area contributed by atoms with Crippen LogP contribution in [0.3, 0.4) is 0 Å². The van der Waals surface area contributed by atoms with Gasteiger partial charge in [0.25, 0.3) is 5.91 Å². The largest absolute Gasteiger partial charge is 0.508 e. The van der Waals surface area contributed by atoms with Crippen LogP contribution in [-0.4, -0.2) is 34.3 Å². The van der Waals surface area contributed by atoms with E-state index in [2.05, 4.69) is 5.10 Å². The Hall–Kier alpha value is -2.97. The molecule has 0 fully saturated rings. The molecule has 4 rings (SSSR count). The first-order chi connectivity index (χ1) is 13.6. The highest BCUT2D eigenvalue weighted by molar-refractivity contribution is 7.12. The molecule has 0 aliphatic carbocycles. The molecule has 1 aliphatic heterocycles. The third-order valence-corrected chi connectivity index (χ3v) is 6.14. The Morgan fingerprint density at radius 1 is 1.14 bits per heavy atom. The summed E-state index contributed by atoms with van der Waals surface area (Å²) in [7, 11) is 0. The van der Waals surface area contributed by atoms with Crippen LogP contribution < -0.4 is 0 Å². The first kappa shape index (κ1) is 18.4. The molecule has 0 saturated heterocycles. The van der Waals surface area contributed by atoms with E-state index in [4.69, 9.17) is 4.74 Å². The standard InChI is InChI=1S/C20H16N2O4S2/c23-14-5-1-4-13(10-14)20(25)26-12-19(24)22-16(18-7-3-9-28-18)11-15(21-22)17-6-2-8-27-17/h1-10,16,23H,11-12H2/t16-/m0/s1. The second-order valence-electron chi connectivity index (χ2n) is 6.12. The summed E-state index contributed by atoms with van der Waals surface area (Å²) in [5.74, 6) is -1.10. The van der Waals surface area contributed by atoms with Crippen molar-refractivity contribution in [1.82, 2.24) is 5.01 Å². The van der Waals surface area contributed by atoms with Crippen LogP contribution in [0.5, 0.6) is 5.75 Å². The van der Waals surface area contributed by atoms with E-state index < -0.39 is 18.5 Å². The maximum Gasteiger partial charge on any atom is 0.338 e. The maximum absolute atomic E-state index is 12.8. The minimum atomic E-state index is -0.668. The number of phenolic OH excluding ortho intramolecular Hbond substituents is 1. The number of carbonyl (C=O) groups excluding carboxylic acids is 2. The summed E-state index contributed by atoms with van der Waals surface area (Å²) in [6.07, 6.45) is 0.618. The normalized spacial score (nSPS) is 16.1. The number of carbonyl (C=O) groups is 2. The Labute approximate surface area is 169 Å². The number of nitrogens with zero attached hydrogens (tertiary/aromatic N) is 2. The van der Waals surface area contributed by atoms with E-state index in [1.165, 1.54) is 23.2 Å². The van der Waals surface area contributed by atoms with Crippen LogP contribution in [0, 0.1) is 0 Å². The fourth-order valence-electron chi connectivity index (χ4n) is 2.94. The van der Waals surface area contributed by atoms with Gasteiger partial charge in [0.15, 0.2) is 6.61 Å². The molecule has 0 bridgehead atoms. The molecule has 0 saturated carbocycles. The van der Waals surface area contributed by atoms with Gasteiger partial charge in [0.05, 0.1) is 22.2 Å². The third-order valence-electron chi connectivity index (χ3n) is 4.25. The van der Waals surface area contributed by atoms with Crippen molar-refractivity contribution in [2.45, 2.75) is 12.5 Å². The molecule has 1 aromatic carbocycles. The van der Waals surface area contributed by atoms with E-state index in [-0.39, 0.29) is 17.4 Å². The maximum atomic E-state index is 12.8. The molecule has 6 nitrogen and oxygen atoms in total. The van der Waals surface area contributed by atoms with Crippen LogP contribution in [0.2, 0.25) is 0 Å². The van der Waals surface area contributed by atoms with Crippen molar-refractivity contribution >= 4 is 40.3 Å². The summed E-state index contributed by atoms with van der Waals surface area (Å²) in [5, 5.41) is 19.3. The Balaban J connectivity index is 1.49. The number of phenols is 1. The van der Waals surface area contributed by atoms with Crippen molar-refractivity contribution in [2.24, 2.45) is 5.10 Å². The number of ether oxygens (including phenoxy) is 1. The third kappa shape index (κ3) is 3.83. The molecule has 8 heteroatoms. The molecule has 3 heterocycles. The van der Waals surface area contributed by atoms with Crippen LogP contribution in [0.25, 0.3) is 0 Å². The molecule has 142 valence electrons. The van der Waals surface area contributed by atoms with Crippen LogP contribution in [0.1, 0.15) is 32.6 Å². The van der Waals surface area contributed by atoms with Gasteiger partial charge < -0.3 is 9.84 Å². The Bertz CT molecular complexity index is 1010. The van der Waals surface area contributed by atoms with Gasteiger partial charge in [0.1, 0.15) is 5.75 Å². The summed E-state index contributed by atoms with van der Waals surface area (Å²) < 4.78 is 5.14. The van der Waals surface area contributed by atoms with E-state index >= 15 is 0 Å². The molecule has 3 aromatic rings. The number of hydrogen-bond acceptors (Lipinski definition) is 7. The fraction of sp³-hybridized carbons (Fsp3) is 0.150. The topological polar surface area (TPSA) is 79.2 Å². The van der Waals surface area contributed by atoms with Gasteiger partial charge in [-0.05, 0) is 41.1 Å². The van der Waals surface area contributed by atoms with E-state index in [1.54, 1.807) is 28.7 Å². The van der Waals surface area contributed by atoms with Crippen molar-refractivity contribution < 1.29 is 19.4 Å². The predicted octanol–water partition coefficient (Wildman–Crippen LogP) is 4.05. The van der Waals surface area contributed by atoms with Crippen molar-refractivity contribution in [3.8, 4) is 5.75 Å². The molecule has 0 unspecified atom stereocenters. The van der Waals surface area contributed by atoms with Gasteiger partial charge in [-0.1, -0.05) is 18.2 Å². The highest BCUT2D eigenvalue weighted by atomic mass is 32.1. The summed E-state index contributed by atoms with van der Waals surface area (Å²) in [5.41, 5.74) is 1.04. The van der Waals surface area contributed by atoms with Crippen LogP contribution in [-0.2, 0) is 9.53 Å². The zero-order valence-electron chi connectivity index (χ0n) is 14.6. The number of rotatable bonds is 5. The summed E-state index contributed by atoms with van der Waals surface area (Å²) in [6, 6.07) is 13.4. The fourth-order valence-corrected chi connectivity index (χ4v) is 4.48. The number of amides is 1. The summed E-state index contributed by atoms with van der Waals surface area (Å²) in [4.78, 5) is 27.0. The lowest BCUT2D eigenvalue weighted by Crippen LogP contribution is -2.31. The zero-order chi connectivity index (χ0) is 19.5. The van der Waals surface area contributed by atoms with E-state index in [1.807, 2.05) is 35.0 Å². The Morgan fingerprint density at radius 2 is 1.96 bits per heavy atom. The van der Waals surface area contributed by atoms with Gasteiger partial charge in [-0.25, -0.2) is 9.80 Å². The number of hydrazone groups is 1. The minimum absolute atomic E-state index is 0.0386. The van der Waals surface area contributed by atoms with Gasteiger partial charge in [0.2, 0.25) is 0 Å². The highest BCUT2D eigenvalue weighted by Crippen LogP contribution is 2.35. The first-order valence-electron chi connectivity index (χ1n) is 8.55. The average Bonchev–Trinajstić information content (AvgIpc) is 3.46. The van der Waals surface area contributed by atoms with Crippen molar-refractivity contribution in [3.05, 3.63) is 74.6 Å². The zero-order valence-corrected chi connectivity index (χ0v) is 16.3. The quantitative estimate of drug-likeness (QED) is 0.641. The summed E-state index contributed by atoms with van der Waals surface area (Å²) in [6.45, 7) is -0.419. The Kier molecular flexibility index (Phi) is 5.23. The molecular weight excluding hydrogens is 396 g/mol. The van der Waals surface area contributed by atoms with Crippen molar-refractivity contribution in [1.29, 1.82) is 0 Å². The highest BCUT2D eigenvalue weighted by Gasteiger charge is 2.34. The van der Waals surface area contributed by atoms with Crippen LogP contribution >= 0.6 is 22.7 Å². The second kappa shape index (κ2) is 7.95. The van der Waals surface area contributed by atoms with E-state index in [0.717, 1.165) is 15.5 Å². The molecule has 1 atom stereocenters. The van der Waals surface area contributed by atoms with E-state index in [0.29, 0.717) is 6.42 Å². The molecule has 1 amide bonds. The number of benzene rings is 1. The number of esters is 1. The van der Waals surface area contributed by atoms with Gasteiger partial charge in [0, 0.05) is 11.3 Å². The Morgan fingerprint density at radius 3 is 2.68 bits per heavy atom. The van der Waals surface area contributed by atoms with Crippen molar-refractivity contribution in [2.75, 3.05) is 6.61 Å². The lowest BCUT2D eigenvalue weighted by molar-refractivity contribution is -0.136. The van der Waals surface area contributed by atoms with Gasteiger partial charge in [-0.15, -0.1) is 22.7 Å². The lowest BCUT2D eigenvalue weighted by Gasteiger charge is -2.20. The molecule has 0 radical (unpaired) electrons.